The lowest BCUT2D eigenvalue weighted by Gasteiger charge is -2.12. The van der Waals surface area contributed by atoms with Crippen molar-refractivity contribution in [1.29, 1.82) is 0 Å². The zero-order valence-corrected chi connectivity index (χ0v) is 15.3. The quantitative estimate of drug-likeness (QED) is 0.559. The van der Waals surface area contributed by atoms with E-state index < -0.39 is 17.2 Å². The predicted molar refractivity (Wildman–Crippen MR) is 100 cm³/mol. The molecule has 9 heteroatoms. The van der Waals surface area contributed by atoms with Gasteiger partial charge in [0.2, 0.25) is 0 Å². The van der Waals surface area contributed by atoms with Crippen LogP contribution >= 0.6 is 0 Å². The largest absolute Gasteiger partial charge is 0.467 e. The highest BCUT2D eigenvalue weighted by Crippen LogP contribution is 2.18. The Labute approximate surface area is 158 Å². The van der Waals surface area contributed by atoms with Gasteiger partial charge in [0.15, 0.2) is 0 Å². The van der Waals surface area contributed by atoms with Crippen LogP contribution in [-0.2, 0) is 27.2 Å². The topological polar surface area (TPSA) is 104 Å². The molecule has 0 aliphatic heterocycles. The van der Waals surface area contributed by atoms with Gasteiger partial charge in [0.25, 0.3) is 11.5 Å². The van der Waals surface area contributed by atoms with Crippen molar-refractivity contribution in [3.8, 4) is 0 Å². The predicted octanol–water partition coefficient (Wildman–Crippen LogP) is 1.20. The molecule has 4 heterocycles. The second-order valence-electron chi connectivity index (χ2n) is 6.40. The minimum atomic E-state index is -0.473. The molecule has 0 aromatic carbocycles. The van der Waals surface area contributed by atoms with E-state index in [0.717, 1.165) is 4.57 Å². The van der Waals surface area contributed by atoms with Crippen LogP contribution in [0, 0.1) is 0 Å². The molecule has 144 valence electrons. The molecule has 0 spiro atoms. The van der Waals surface area contributed by atoms with Crippen molar-refractivity contribution < 1.29 is 13.6 Å². The number of amides is 1. The summed E-state index contributed by atoms with van der Waals surface area (Å²) in [6.07, 6.45) is 3.05. The summed E-state index contributed by atoms with van der Waals surface area (Å²) in [6, 6.07) is 8.47. The van der Waals surface area contributed by atoms with Crippen LogP contribution in [0.5, 0.6) is 0 Å². The normalized spacial score (nSPS) is 11.2. The highest BCUT2D eigenvalue weighted by molar-refractivity contribution is 5.97. The molecule has 0 fully saturated rings. The summed E-state index contributed by atoms with van der Waals surface area (Å²) in [5.74, 6) is 0.796. The first-order valence-electron chi connectivity index (χ1n) is 8.59. The van der Waals surface area contributed by atoms with Crippen molar-refractivity contribution in [2.45, 2.75) is 13.1 Å². The molecule has 1 amide bonds. The van der Waals surface area contributed by atoms with Crippen LogP contribution < -0.4 is 16.6 Å². The van der Waals surface area contributed by atoms with E-state index in [0.29, 0.717) is 17.2 Å². The SMILES string of the molecule is Cn1c(=O)c2cc(C(=O)NCc3ccco3)n(Cc3ccco3)c2n(C)c1=O. The molecule has 0 radical (unpaired) electrons. The van der Waals surface area contributed by atoms with E-state index in [9.17, 15) is 14.4 Å². The molecule has 4 rings (SSSR count). The third kappa shape index (κ3) is 2.86. The fraction of sp³-hybridized carbons (Fsp3) is 0.211. The van der Waals surface area contributed by atoms with Crippen molar-refractivity contribution in [3.63, 3.8) is 0 Å². The second-order valence-corrected chi connectivity index (χ2v) is 6.40. The molecule has 0 unspecified atom stereocenters. The van der Waals surface area contributed by atoms with Crippen LogP contribution in [0.25, 0.3) is 11.0 Å². The first kappa shape index (κ1) is 17.7. The summed E-state index contributed by atoms with van der Waals surface area (Å²) in [5.41, 5.74) is -0.334. The molecule has 0 atom stereocenters. The first-order valence-corrected chi connectivity index (χ1v) is 8.59. The Balaban J connectivity index is 1.85. The van der Waals surface area contributed by atoms with Crippen LogP contribution in [0.2, 0.25) is 0 Å². The Morgan fingerprint density at radius 3 is 2.36 bits per heavy atom. The smallest absolute Gasteiger partial charge is 0.332 e. The first-order chi connectivity index (χ1) is 13.5. The zero-order valence-electron chi connectivity index (χ0n) is 15.3. The van der Waals surface area contributed by atoms with Crippen LogP contribution in [0.4, 0.5) is 0 Å². The molecule has 28 heavy (non-hydrogen) atoms. The minimum absolute atomic E-state index is 0.195. The summed E-state index contributed by atoms with van der Waals surface area (Å²) in [6.45, 7) is 0.394. The standard InChI is InChI=1S/C19H18N4O5/c1-21-17-14(18(25)22(2)19(21)26)9-15(23(17)11-13-6-4-8-28-13)16(24)20-10-12-5-3-7-27-12/h3-9H,10-11H2,1-2H3,(H,20,24). The number of carbonyl (C=O) groups excluding carboxylic acids is 1. The summed E-state index contributed by atoms with van der Waals surface area (Å²) < 4.78 is 14.6. The van der Waals surface area contributed by atoms with Gasteiger partial charge in [-0.1, -0.05) is 0 Å². The number of rotatable bonds is 5. The van der Waals surface area contributed by atoms with Crippen molar-refractivity contribution in [1.82, 2.24) is 19.0 Å². The number of hydrogen-bond acceptors (Lipinski definition) is 5. The monoisotopic (exact) mass is 382 g/mol. The van der Waals surface area contributed by atoms with E-state index in [1.54, 1.807) is 35.9 Å². The Hall–Kier alpha value is -3.75. The van der Waals surface area contributed by atoms with Gasteiger partial charge in [-0.05, 0) is 30.3 Å². The second kappa shape index (κ2) is 6.76. The summed E-state index contributed by atoms with van der Waals surface area (Å²) in [4.78, 5) is 37.8. The van der Waals surface area contributed by atoms with Gasteiger partial charge in [0, 0.05) is 14.1 Å². The van der Waals surface area contributed by atoms with Gasteiger partial charge >= 0.3 is 5.69 Å². The van der Waals surface area contributed by atoms with E-state index in [1.807, 2.05) is 0 Å². The van der Waals surface area contributed by atoms with E-state index in [4.69, 9.17) is 8.83 Å². The molecule has 1 N–H and O–H groups in total. The Kier molecular flexibility index (Phi) is 4.26. The highest BCUT2D eigenvalue weighted by atomic mass is 16.3. The van der Waals surface area contributed by atoms with Crippen LogP contribution in [0.1, 0.15) is 22.0 Å². The van der Waals surface area contributed by atoms with Gasteiger partial charge < -0.3 is 18.7 Å². The molecular formula is C19H18N4O5. The van der Waals surface area contributed by atoms with Gasteiger partial charge in [-0.25, -0.2) is 4.79 Å². The number of nitrogens with zero attached hydrogens (tertiary/aromatic N) is 3. The molecule has 4 aromatic heterocycles. The van der Waals surface area contributed by atoms with Crippen molar-refractivity contribution in [2.75, 3.05) is 0 Å². The Morgan fingerprint density at radius 1 is 1.04 bits per heavy atom. The number of hydrogen-bond donors (Lipinski definition) is 1. The van der Waals surface area contributed by atoms with E-state index >= 15 is 0 Å². The maximum atomic E-state index is 12.9. The van der Waals surface area contributed by atoms with Gasteiger partial charge in [-0.2, -0.15) is 0 Å². The van der Waals surface area contributed by atoms with E-state index in [1.165, 1.54) is 30.2 Å². The lowest BCUT2D eigenvalue weighted by molar-refractivity contribution is 0.0939. The van der Waals surface area contributed by atoms with Crippen molar-refractivity contribution in [2.24, 2.45) is 14.1 Å². The number of furan rings is 2. The van der Waals surface area contributed by atoms with Crippen molar-refractivity contribution >= 4 is 16.9 Å². The number of carbonyl (C=O) groups is 1. The average Bonchev–Trinajstić information content (AvgIpc) is 3.44. The maximum Gasteiger partial charge on any atom is 0.332 e. The van der Waals surface area contributed by atoms with E-state index in [-0.39, 0.29) is 24.2 Å². The summed E-state index contributed by atoms with van der Waals surface area (Å²) >= 11 is 0. The number of aromatic nitrogens is 3. The molecule has 9 nitrogen and oxygen atoms in total. The van der Waals surface area contributed by atoms with Crippen LogP contribution in [0.15, 0.2) is 61.3 Å². The fourth-order valence-corrected chi connectivity index (χ4v) is 3.22. The Bertz CT molecular complexity index is 1260. The third-order valence-electron chi connectivity index (χ3n) is 4.63. The summed E-state index contributed by atoms with van der Waals surface area (Å²) in [7, 11) is 2.97. The molecule has 0 aliphatic rings. The average molecular weight is 382 g/mol. The zero-order chi connectivity index (χ0) is 19.8. The minimum Gasteiger partial charge on any atom is -0.467 e. The van der Waals surface area contributed by atoms with Gasteiger partial charge in [0.05, 0.1) is 31.0 Å². The molecule has 0 saturated carbocycles. The molecule has 0 saturated heterocycles. The molecular weight excluding hydrogens is 364 g/mol. The van der Waals surface area contributed by atoms with E-state index in [2.05, 4.69) is 5.32 Å². The number of aryl methyl sites for hydroxylation is 1. The third-order valence-corrected chi connectivity index (χ3v) is 4.63. The maximum absolute atomic E-state index is 12.9. The van der Waals surface area contributed by atoms with Gasteiger partial charge in [0.1, 0.15) is 22.9 Å². The number of fused-ring (bicyclic) bond motifs is 1. The fourth-order valence-electron chi connectivity index (χ4n) is 3.22. The van der Waals surface area contributed by atoms with Gasteiger partial charge in [-0.3, -0.25) is 18.7 Å². The van der Waals surface area contributed by atoms with Crippen LogP contribution in [-0.4, -0.2) is 19.6 Å². The Morgan fingerprint density at radius 2 is 1.71 bits per heavy atom. The highest BCUT2D eigenvalue weighted by Gasteiger charge is 2.22. The van der Waals surface area contributed by atoms with Gasteiger partial charge in [-0.15, -0.1) is 0 Å². The lowest BCUT2D eigenvalue weighted by Crippen LogP contribution is -2.37. The van der Waals surface area contributed by atoms with Crippen LogP contribution in [0.3, 0.4) is 0 Å². The summed E-state index contributed by atoms with van der Waals surface area (Å²) in [5, 5.41) is 3.05. The molecule has 0 bridgehead atoms. The molecule has 4 aromatic rings. The number of nitrogens with one attached hydrogen (secondary N) is 1. The lowest BCUT2D eigenvalue weighted by atomic mass is 10.3. The van der Waals surface area contributed by atoms with Crippen molar-refractivity contribution in [3.05, 3.63) is 80.9 Å². The molecule has 0 aliphatic carbocycles.